The molecule has 1 amide bonds. The number of ether oxygens (including phenoxy) is 1. The number of rotatable bonds is 5. The number of amides is 1. The van der Waals surface area contributed by atoms with Gasteiger partial charge >= 0.3 is 5.97 Å². The van der Waals surface area contributed by atoms with E-state index in [4.69, 9.17) is 4.74 Å². The summed E-state index contributed by atoms with van der Waals surface area (Å²) in [6.07, 6.45) is 3.66. The van der Waals surface area contributed by atoms with Gasteiger partial charge in [-0.25, -0.2) is 9.48 Å². The molecular formula is C23H23N3O3. The normalized spacial score (nSPS) is 13.5. The van der Waals surface area contributed by atoms with Crippen molar-refractivity contribution in [2.24, 2.45) is 0 Å². The molecule has 0 bridgehead atoms. The summed E-state index contributed by atoms with van der Waals surface area (Å²) >= 11 is 0. The van der Waals surface area contributed by atoms with Gasteiger partial charge in [0.15, 0.2) is 6.61 Å². The van der Waals surface area contributed by atoms with Crippen molar-refractivity contribution >= 4 is 11.9 Å². The summed E-state index contributed by atoms with van der Waals surface area (Å²) in [5, 5.41) is 4.64. The Morgan fingerprint density at radius 2 is 1.79 bits per heavy atom. The number of hydrogen-bond donors (Lipinski definition) is 0. The predicted octanol–water partition coefficient (Wildman–Crippen LogP) is 3.63. The zero-order valence-electron chi connectivity index (χ0n) is 16.4. The molecule has 6 heteroatoms. The molecule has 0 radical (unpaired) electrons. The van der Waals surface area contributed by atoms with Crippen molar-refractivity contribution in [3.63, 3.8) is 0 Å². The summed E-state index contributed by atoms with van der Waals surface area (Å²) in [7, 11) is 0. The molecule has 0 spiro atoms. The molecule has 1 aliphatic rings. The smallest absolute Gasteiger partial charge is 0.342 e. The van der Waals surface area contributed by atoms with Crippen molar-refractivity contribution in [2.75, 3.05) is 19.7 Å². The van der Waals surface area contributed by atoms with Crippen LogP contribution in [0.25, 0.3) is 16.9 Å². The summed E-state index contributed by atoms with van der Waals surface area (Å²) < 4.78 is 7.02. The molecule has 1 aromatic heterocycles. The quantitative estimate of drug-likeness (QED) is 0.625. The van der Waals surface area contributed by atoms with Crippen LogP contribution in [0.15, 0.2) is 60.8 Å². The number of aromatic nitrogens is 2. The van der Waals surface area contributed by atoms with Gasteiger partial charge in [0.25, 0.3) is 5.91 Å². The zero-order valence-corrected chi connectivity index (χ0v) is 16.4. The van der Waals surface area contributed by atoms with Crippen molar-refractivity contribution in [1.82, 2.24) is 14.7 Å². The molecule has 0 atom stereocenters. The first-order chi connectivity index (χ1) is 14.1. The number of nitrogens with zero attached hydrogens (tertiary/aromatic N) is 3. The van der Waals surface area contributed by atoms with Crippen LogP contribution < -0.4 is 0 Å². The molecule has 2 aromatic carbocycles. The van der Waals surface area contributed by atoms with Crippen molar-refractivity contribution in [3.05, 3.63) is 71.9 Å². The Balaban J connectivity index is 1.62. The molecule has 3 aromatic rings. The second-order valence-electron chi connectivity index (χ2n) is 7.21. The van der Waals surface area contributed by atoms with Crippen LogP contribution in [0.3, 0.4) is 0 Å². The maximum atomic E-state index is 12.8. The highest BCUT2D eigenvalue weighted by molar-refractivity contribution is 5.97. The van der Waals surface area contributed by atoms with Crippen LogP contribution >= 0.6 is 0 Å². The Bertz CT molecular complexity index is 1020. The topological polar surface area (TPSA) is 64.4 Å². The van der Waals surface area contributed by atoms with E-state index >= 15 is 0 Å². The molecule has 1 fully saturated rings. The highest BCUT2D eigenvalue weighted by Gasteiger charge is 2.23. The summed E-state index contributed by atoms with van der Waals surface area (Å²) in [5.74, 6) is -0.695. The highest BCUT2D eigenvalue weighted by Crippen LogP contribution is 2.25. The molecule has 0 saturated carbocycles. The van der Waals surface area contributed by atoms with E-state index < -0.39 is 5.97 Å². The Labute approximate surface area is 169 Å². The third-order valence-electron chi connectivity index (χ3n) is 5.03. The van der Waals surface area contributed by atoms with E-state index in [1.165, 1.54) is 0 Å². The SMILES string of the molecule is Cc1cccc(-c2nn(-c3ccccc3)cc2C(=O)OCC(=O)N2CCCC2)c1. The summed E-state index contributed by atoms with van der Waals surface area (Å²) in [6.45, 7) is 3.21. The van der Waals surface area contributed by atoms with E-state index in [0.29, 0.717) is 11.3 Å². The van der Waals surface area contributed by atoms with E-state index in [0.717, 1.165) is 42.7 Å². The van der Waals surface area contributed by atoms with E-state index in [9.17, 15) is 9.59 Å². The van der Waals surface area contributed by atoms with Gasteiger partial charge in [-0.3, -0.25) is 4.79 Å². The molecule has 148 valence electrons. The van der Waals surface area contributed by atoms with Crippen LogP contribution in [-0.4, -0.2) is 46.3 Å². The maximum absolute atomic E-state index is 12.8. The number of esters is 1. The predicted molar refractivity (Wildman–Crippen MR) is 110 cm³/mol. The number of para-hydroxylation sites is 1. The Morgan fingerprint density at radius 1 is 1.03 bits per heavy atom. The fourth-order valence-corrected chi connectivity index (χ4v) is 3.50. The average molecular weight is 389 g/mol. The van der Waals surface area contributed by atoms with Gasteiger partial charge in [-0.1, -0.05) is 42.0 Å². The molecular weight excluding hydrogens is 366 g/mol. The lowest BCUT2D eigenvalue weighted by molar-refractivity contribution is -0.133. The van der Waals surface area contributed by atoms with Gasteiger partial charge in [0.2, 0.25) is 0 Å². The van der Waals surface area contributed by atoms with Crippen LogP contribution in [0.2, 0.25) is 0 Å². The molecule has 0 N–H and O–H groups in total. The first-order valence-corrected chi connectivity index (χ1v) is 9.79. The Morgan fingerprint density at radius 3 is 2.52 bits per heavy atom. The number of hydrogen-bond acceptors (Lipinski definition) is 4. The molecule has 0 unspecified atom stereocenters. The molecule has 1 aliphatic heterocycles. The lowest BCUT2D eigenvalue weighted by atomic mass is 10.1. The van der Waals surface area contributed by atoms with Gasteiger partial charge in [-0.2, -0.15) is 5.10 Å². The van der Waals surface area contributed by atoms with Crippen LogP contribution in [0.4, 0.5) is 0 Å². The van der Waals surface area contributed by atoms with Crippen molar-refractivity contribution in [1.29, 1.82) is 0 Å². The standard InChI is InChI=1S/C23H23N3O3/c1-17-8-7-9-18(14-17)22-20(15-26(24-22)19-10-3-2-4-11-19)23(28)29-16-21(27)25-12-5-6-13-25/h2-4,7-11,14-15H,5-6,12-13,16H2,1H3. The number of carbonyl (C=O) groups excluding carboxylic acids is 2. The van der Waals surface area contributed by atoms with E-state index in [1.807, 2.05) is 61.5 Å². The highest BCUT2D eigenvalue weighted by atomic mass is 16.5. The molecule has 1 saturated heterocycles. The van der Waals surface area contributed by atoms with Gasteiger partial charge in [-0.05, 0) is 38.0 Å². The molecule has 4 rings (SSSR count). The van der Waals surface area contributed by atoms with Gasteiger partial charge in [-0.15, -0.1) is 0 Å². The van der Waals surface area contributed by atoms with Crippen LogP contribution in [0.5, 0.6) is 0 Å². The first-order valence-electron chi connectivity index (χ1n) is 9.79. The molecule has 6 nitrogen and oxygen atoms in total. The van der Waals surface area contributed by atoms with Crippen molar-refractivity contribution in [2.45, 2.75) is 19.8 Å². The average Bonchev–Trinajstić information content (AvgIpc) is 3.43. The zero-order chi connectivity index (χ0) is 20.2. The largest absolute Gasteiger partial charge is 0.452 e. The van der Waals surface area contributed by atoms with Gasteiger partial charge in [0.1, 0.15) is 11.3 Å². The Kier molecular flexibility index (Phi) is 5.42. The maximum Gasteiger partial charge on any atom is 0.342 e. The summed E-state index contributed by atoms with van der Waals surface area (Å²) in [5.41, 5.74) is 3.62. The minimum absolute atomic E-state index is 0.150. The lowest BCUT2D eigenvalue weighted by Gasteiger charge is -2.14. The van der Waals surface area contributed by atoms with Gasteiger partial charge in [0, 0.05) is 24.8 Å². The summed E-state index contributed by atoms with van der Waals surface area (Å²) in [4.78, 5) is 26.8. The second kappa shape index (κ2) is 8.31. The number of likely N-dealkylation sites (tertiary alicyclic amines) is 1. The first kappa shape index (κ1) is 18.9. The minimum atomic E-state index is -0.545. The summed E-state index contributed by atoms with van der Waals surface area (Å²) in [6, 6.07) is 17.4. The third kappa shape index (κ3) is 4.21. The van der Waals surface area contributed by atoms with Crippen molar-refractivity contribution < 1.29 is 14.3 Å². The van der Waals surface area contributed by atoms with E-state index in [1.54, 1.807) is 15.8 Å². The number of carbonyl (C=O) groups is 2. The number of benzene rings is 2. The molecule has 2 heterocycles. The Hall–Kier alpha value is -3.41. The second-order valence-corrected chi connectivity index (χ2v) is 7.21. The van der Waals surface area contributed by atoms with Crippen LogP contribution in [0, 0.1) is 6.92 Å². The minimum Gasteiger partial charge on any atom is -0.452 e. The lowest BCUT2D eigenvalue weighted by Crippen LogP contribution is -2.32. The molecule has 0 aliphatic carbocycles. The van der Waals surface area contributed by atoms with E-state index in [2.05, 4.69) is 5.10 Å². The third-order valence-corrected chi connectivity index (χ3v) is 5.03. The van der Waals surface area contributed by atoms with Crippen LogP contribution in [0.1, 0.15) is 28.8 Å². The fourth-order valence-electron chi connectivity index (χ4n) is 3.50. The molecule has 29 heavy (non-hydrogen) atoms. The van der Waals surface area contributed by atoms with E-state index in [-0.39, 0.29) is 12.5 Å². The number of aryl methyl sites for hydroxylation is 1. The van der Waals surface area contributed by atoms with Gasteiger partial charge < -0.3 is 9.64 Å². The van der Waals surface area contributed by atoms with Crippen molar-refractivity contribution in [3.8, 4) is 16.9 Å². The van der Waals surface area contributed by atoms with Crippen LogP contribution in [-0.2, 0) is 9.53 Å². The fraction of sp³-hybridized carbons (Fsp3) is 0.261. The monoisotopic (exact) mass is 389 g/mol. The van der Waals surface area contributed by atoms with Gasteiger partial charge in [0.05, 0.1) is 5.69 Å².